The van der Waals surface area contributed by atoms with Gasteiger partial charge in [-0.15, -0.1) is 0 Å². The molecule has 0 saturated carbocycles. The summed E-state index contributed by atoms with van der Waals surface area (Å²) in [5.41, 5.74) is 5.33. The number of nitrogens with zero attached hydrogens (tertiary/aromatic N) is 2. The summed E-state index contributed by atoms with van der Waals surface area (Å²) < 4.78 is 13.6. The summed E-state index contributed by atoms with van der Waals surface area (Å²) >= 11 is 0. The smallest absolute Gasteiger partial charge is 0.307 e. The lowest BCUT2D eigenvalue weighted by atomic mass is 9.86. The third-order valence-corrected chi connectivity index (χ3v) is 6.96. The van der Waals surface area contributed by atoms with Gasteiger partial charge in [-0.3, -0.25) is 14.4 Å². The predicted octanol–water partition coefficient (Wildman–Crippen LogP) is 3.78. The molecule has 2 heterocycles. The van der Waals surface area contributed by atoms with Gasteiger partial charge in [0.2, 0.25) is 5.91 Å². The Bertz CT molecular complexity index is 1120. The summed E-state index contributed by atoms with van der Waals surface area (Å²) in [6.45, 7) is 5.97. The van der Waals surface area contributed by atoms with Crippen LogP contribution in [0.15, 0.2) is 24.3 Å². The highest BCUT2D eigenvalue weighted by Crippen LogP contribution is 2.35. The number of hydrogen-bond acceptors (Lipinski definition) is 3. The monoisotopic (exact) mass is 452 g/mol. The van der Waals surface area contributed by atoms with Crippen molar-refractivity contribution in [1.29, 1.82) is 0 Å². The number of hydrogen-bond donors (Lipinski definition) is 1. The zero-order valence-corrected chi connectivity index (χ0v) is 19.1. The molecule has 1 N–H and O–H groups in total. The number of amides is 2. The minimum absolute atomic E-state index is 0.0227. The lowest BCUT2D eigenvalue weighted by Gasteiger charge is -2.28. The standard InChI is InChI=1S/C26H29FN2O4/c1-16-20(12-24(30)28-9-4-3-5-10-28)21(13-25(31)32)17(2)23-15-29(14-22(16)23)26(33)18-7-6-8-19(27)11-18/h6-8,11H,3-5,9-10,12-15H2,1-2H3,(H,31,32). The van der Waals surface area contributed by atoms with Gasteiger partial charge in [0.1, 0.15) is 5.82 Å². The van der Waals surface area contributed by atoms with Crippen LogP contribution in [0.25, 0.3) is 0 Å². The Labute approximate surface area is 193 Å². The molecule has 0 unspecified atom stereocenters. The lowest BCUT2D eigenvalue weighted by molar-refractivity contribution is -0.136. The average Bonchev–Trinajstić information content (AvgIpc) is 3.25. The van der Waals surface area contributed by atoms with E-state index in [1.165, 1.54) is 18.2 Å². The van der Waals surface area contributed by atoms with Crippen LogP contribution in [-0.2, 0) is 35.5 Å². The highest BCUT2D eigenvalue weighted by Gasteiger charge is 2.31. The Balaban J connectivity index is 1.68. The molecule has 1 fully saturated rings. The van der Waals surface area contributed by atoms with E-state index in [1.54, 1.807) is 11.0 Å². The minimum atomic E-state index is -0.949. The van der Waals surface area contributed by atoms with Crippen LogP contribution >= 0.6 is 0 Å². The minimum Gasteiger partial charge on any atom is -0.481 e. The summed E-state index contributed by atoms with van der Waals surface area (Å²) in [4.78, 5) is 41.3. The molecule has 4 rings (SSSR count). The van der Waals surface area contributed by atoms with Crippen LogP contribution in [0.5, 0.6) is 0 Å². The molecule has 0 aromatic heterocycles. The van der Waals surface area contributed by atoms with Crippen molar-refractivity contribution in [2.75, 3.05) is 13.1 Å². The van der Waals surface area contributed by atoms with Gasteiger partial charge in [0, 0.05) is 31.7 Å². The first-order valence-electron chi connectivity index (χ1n) is 11.4. The van der Waals surface area contributed by atoms with Crippen molar-refractivity contribution in [2.24, 2.45) is 0 Å². The molecule has 0 aliphatic carbocycles. The molecule has 2 aliphatic heterocycles. The zero-order valence-electron chi connectivity index (χ0n) is 19.1. The third kappa shape index (κ3) is 4.63. The van der Waals surface area contributed by atoms with Gasteiger partial charge in [0.25, 0.3) is 5.91 Å². The van der Waals surface area contributed by atoms with Gasteiger partial charge < -0.3 is 14.9 Å². The van der Waals surface area contributed by atoms with Crippen LogP contribution in [0.2, 0.25) is 0 Å². The molecule has 33 heavy (non-hydrogen) atoms. The quantitative estimate of drug-likeness (QED) is 0.749. The first-order valence-corrected chi connectivity index (χ1v) is 11.4. The van der Waals surface area contributed by atoms with E-state index in [0.717, 1.165) is 60.2 Å². The summed E-state index contributed by atoms with van der Waals surface area (Å²) in [6.07, 6.45) is 3.11. The second-order valence-corrected chi connectivity index (χ2v) is 9.02. The molecule has 0 bridgehead atoms. The Morgan fingerprint density at radius 1 is 0.909 bits per heavy atom. The fourth-order valence-electron chi connectivity index (χ4n) is 5.12. The molecule has 6 nitrogen and oxygen atoms in total. The van der Waals surface area contributed by atoms with Gasteiger partial charge in [-0.1, -0.05) is 6.07 Å². The highest BCUT2D eigenvalue weighted by molar-refractivity contribution is 5.94. The van der Waals surface area contributed by atoms with E-state index < -0.39 is 11.8 Å². The number of rotatable bonds is 5. The summed E-state index contributed by atoms with van der Waals surface area (Å²) in [5, 5.41) is 9.56. The highest BCUT2D eigenvalue weighted by atomic mass is 19.1. The van der Waals surface area contributed by atoms with Crippen molar-refractivity contribution in [3.05, 3.63) is 69.0 Å². The number of aliphatic carboxylic acids is 1. The number of piperidine rings is 1. The van der Waals surface area contributed by atoms with Crippen molar-refractivity contribution in [1.82, 2.24) is 9.80 Å². The van der Waals surface area contributed by atoms with Crippen molar-refractivity contribution < 1.29 is 23.9 Å². The molecule has 1 saturated heterocycles. The van der Waals surface area contributed by atoms with E-state index in [1.807, 2.05) is 18.7 Å². The molecule has 2 aliphatic rings. The van der Waals surface area contributed by atoms with Crippen molar-refractivity contribution in [3.63, 3.8) is 0 Å². The maximum absolute atomic E-state index is 13.6. The molecule has 7 heteroatoms. The number of benzene rings is 2. The van der Waals surface area contributed by atoms with Gasteiger partial charge >= 0.3 is 5.97 Å². The molecule has 0 atom stereocenters. The molecule has 2 amide bonds. The maximum atomic E-state index is 13.6. The van der Waals surface area contributed by atoms with E-state index in [4.69, 9.17) is 0 Å². The van der Waals surface area contributed by atoms with Gasteiger partial charge in [0.15, 0.2) is 0 Å². The summed E-state index contributed by atoms with van der Waals surface area (Å²) in [5.74, 6) is -1.66. The number of carbonyl (C=O) groups is 3. The van der Waals surface area contributed by atoms with Gasteiger partial charge in [-0.05, 0) is 84.7 Å². The van der Waals surface area contributed by atoms with Crippen molar-refractivity contribution in [3.8, 4) is 0 Å². The molecule has 0 radical (unpaired) electrons. The Morgan fingerprint density at radius 3 is 2.09 bits per heavy atom. The van der Waals surface area contributed by atoms with Gasteiger partial charge in [-0.2, -0.15) is 0 Å². The second kappa shape index (κ2) is 9.33. The fraction of sp³-hybridized carbons (Fsp3) is 0.423. The molecule has 2 aromatic rings. The second-order valence-electron chi connectivity index (χ2n) is 9.02. The van der Waals surface area contributed by atoms with Crippen molar-refractivity contribution >= 4 is 17.8 Å². The number of likely N-dealkylation sites (tertiary alicyclic amines) is 1. The van der Waals surface area contributed by atoms with Crippen LogP contribution < -0.4 is 0 Å². The fourth-order valence-corrected chi connectivity index (χ4v) is 5.12. The van der Waals surface area contributed by atoms with Crippen LogP contribution in [0.3, 0.4) is 0 Å². The summed E-state index contributed by atoms with van der Waals surface area (Å²) in [6, 6.07) is 5.63. The Kier molecular flexibility index (Phi) is 6.49. The number of carboxylic acid groups (broad SMARTS) is 1. The van der Waals surface area contributed by atoms with E-state index in [0.29, 0.717) is 18.7 Å². The zero-order chi connectivity index (χ0) is 23.7. The van der Waals surface area contributed by atoms with Crippen LogP contribution in [0.4, 0.5) is 4.39 Å². The lowest BCUT2D eigenvalue weighted by Crippen LogP contribution is -2.37. The molecule has 0 spiro atoms. The first-order chi connectivity index (χ1) is 15.8. The molecular weight excluding hydrogens is 423 g/mol. The van der Waals surface area contributed by atoms with Gasteiger partial charge in [0.05, 0.1) is 12.8 Å². The number of carboxylic acids is 1. The Hall–Kier alpha value is -3.22. The largest absolute Gasteiger partial charge is 0.481 e. The van der Waals surface area contributed by atoms with Crippen LogP contribution in [0, 0.1) is 19.7 Å². The molecule has 2 aromatic carbocycles. The number of halogens is 1. The maximum Gasteiger partial charge on any atom is 0.307 e. The molecule has 174 valence electrons. The van der Waals surface area contributed by atoms with Gasteiger partial charge in [-0.25, -0.2) is 4.39 Å². The number of carbonyl (C=O) groups excluding carboxylic acids is 2. The molecular formula is C26H29FN2O4. The SMILES string of the molecule is Cc1c(CC(=O)O)c(CC(=O)N2CCCCC2)c(C)c2c1CN(C(=O)c1cccc(F)c1)C2. The Morgan fingerprint density at radius 2 is 1.52 bits per heavy atom. The van der Waals surface area contributed by atoms with E-state index in [-0.39, 0.29) is 30.2 Å². The average molecular weight is 453 g/mol. The van der Waals surface area contributed by atoms with E-state index in [2.05, 4.69) is 0 Å². The topological polar surface area (TPSA) is 77.9 Å². The third-order valence-electron chi connectivity index (χ3n) is 6.96. The summed E-state index contributed by atoms with van der Waals surface area (Å²) in [7, 11) is 0. The normalized spacial score (nSPS) is 15.5. The van der Waals surface area contributed by atoms with Crippen LogP contribution in [-0.4, -0.2) is 45.8 Å². The van der Waals surface area contributed by atoms with E-state index >= 15 is 0 Å². The predicted molar refractivity (Wildman–Crippen MR) is 121 cm³/mol. The van der Waals surface area contributed by atoms with E-state index in [9.17, 15) is 23.9 Å². The first kappa shape index (κ1) is 23.0. The van der Waals surface area contributed by atoms with Crippen molar-refractivity contribution in [2.45, 2.75) is 59.0 Å². The number of fused-ring (bicyclic) bond motifs is 1. The van der Waals surface area contributed by atoms with Crippen LogP contribution in [0.1, 0.15) is 63.0 Å².